The van der Waals surface area contributed by atoms with Crippen LogP contribution in [0.5, 0.6) is 0 Å². The SMILES string of the molecule is CCOC(=O)C(O)C(O)c1cccc(N)c1C(=O)O. The number of carbonyl (C=O) groups is 2. The number of carboxylic acid groups (broad SMARTS) is 1. The lowest BCUT2D eigenvalue weighted by Gasteiger charge is -2.19. The Bertz CT molecular complexity index is 487. The Morgan fingerprint density at radius 1 is 1.37 bits per heavy atom. The van der Waals surface area contributed by atoms with Crippen LogP contribution in [-0.4, -0.2) is 40.0 Å². The molecule has 1 rings (SSSR count). The number of esters is 1. The van der Waals surface area contributed by atoms with Gasteiger partial charge in [-0.25, -0.2) is 9.59 Å². The van der Waals surface area contributed by atoms with Gasteiger partial charge in [-0.3, -0.25) is 0 Å². The number of carbonyl (C=O) groups excluding carboxylic acids is 1. The number of anilines is 1. The van der Waals surface area contributed by atoms with E-state index in [1.165, 1.54) is 18.2 Å². The molecule has 7 nitrogen and oxygen atoms in total. The molecular formula is C12H15NO6. The van der Waals surface area contributed by atoms with E-state index in [-0.39, 0.29) is 23.4 Å². The van der Waals surface area contributed by atoms with Gasteiger partial charge in [0.1, 0.15) is 6.10 Å². The third kappa shape index (κ3) is 3.21. The van der Waals surface area contributed by atoms with Crippen molar-refractivity contribution in [2.24, 2.45) is 0 Å². The van der Waals surface area contributed by atoms with Crippen molar-refractivity contribution in [3.05, 3.63) is 29.3 Å². The van der Waals surface area contributed by atoms with Crippen LogP contribution in [0.3, 0.4) is 0 Å². The van der Waals surface area contributed by atoms with Crippen molar-refractivity contribution in [3.8, 4) is 0 Å². The number of rotatable bonds is 5. The average molecular weight is 269 g/mol. The summed E-state index contributed by atoms with van der Waals surface area (Å²) < 4.78 is 4.55. The molecule has 1 aromatic rings. The summed E-state index contributed by atoms with van der Waals surface area (Å²) >= 11 is 0. The van der Waals surface area contributed by atoms with Gasteiger partial charge >= 0.3 is 11.9 Å². The van der Waals surface area contributed by atoms with E-state index in [9.17, 15) is 19.8 Å². The Morgan fingerprint density at radius 2 is 2.00 bits per heavy atom. The number of aliphatic hydroxyl groups excluding tert-OH is 2. The van der Waals surface area contributed by atoms with Crippen LogP contribution in [0.4, 0.5) is 5.69 Å². The largest absolute Gasteiger partial charge is 0.478 e. The lowest BCUT2D eigenvalue weighted by molar-refractivity contribution is -0.159. The van der Waals surface area contributed by atoms with Gasteiger partial charge in [-0.05, 0) is 13.0 Å². The predicted octanol–water partition coefficient (Wildman–Crippen LogP) is -0.0756. The van der Waals surface area contributed by atoms with Crippen molar-refractivity contribution >= 4 is 17.6 Å². The van der Waals surface area contributed by atoms with E-state index >= 15 is 0 Å². The molecule has 0 spiro atoms. The zero-order valence-electron chi connectivity index (χ0n) is 10.2. The predicted molar refractivity (Wildman–Crippen MR) is 65.4 cm³/mol. The number of carboxylic acids is 1. The van der Waals surface area contributed by atoms with Gasteiger partial charge in [0, 0.05) is 11.3 Å². The van der Waals surface area contributed by atoms with Crippen LogP contribution in [0.25, 0.3) is 0 Å². The number of aliphatic hydroxyl groups is 2. The Balaban J connectivity index is 3.12. The van der Waals surface area contributed by atoms with E-state index in [1.54, 1.807) is 6.92 Å². The second-order valence-corrected chi connectivity index (χ2v) is 3.76. The average Bonchev–Trinajstić information content (AvgIpc) is 2.36. The standard InChI is InChI=1S/C12H15NO6/c1-2-19-12(18)10(15)9(14)6-4-3-5-7(13)8(6)11(16)17/h3-5,9-10,14-15H,2,13H2,1H3,(H,16,17). The minimum absolute atomic E-state index is 0.0331. The normalized spacial score (nSPS) is 13.6. The molecule has 5 N–H and O–H groups in total. The van der Waals surface area contributed by atoms with Crippen molar-refractivity contribution in [2.75, 3.05) is 12.3 Å². The topological polar surface area (TPSA) is 130 Å². The molecule has 2 unspecified atom stereocenters. The zero-order chi connectivity index (χ0) is 14.6. The van der Waals surface area contributed by atoms with Gasteiger partial charge in [0.05, 0.1) is 12.2 Å². The molecule has 0 saturated heterocycles. The minimum atomic E-state index is -1.88. The summed E-state index contributed by atoms with van der Waals surface area (Å²) in [5.41, 5.74) is 4.94. The number of nitrogen functional groups attached to an aromatic ring is 1. The van der Waals surface area contributed by atoms with E-state index in [1.807, 2.05) is 0 Å². The number of nitrogens with two attached hydrogens (primary N) is 1. The molecule has 0 saturated carbocycles. The van der Waals surface area contributed by atoms with Crippen LogP contribution in [0, 0.1) is 0 Å². The Labute approximate surface area is 109 Å². The Morgan fingerprint density at radius 3 is 2.53 bits per heavy atom. The molecule has 7 heteroatoms. The molecule has 19 heavy (non-hydrogen) atoms. The Kier molecular flexibility index (Phi) is 4.85. The molecule has 0 aliphatic heterocycles. The van der Waals surface area contributed by atoms with E-state index in [2.05, 4.69) is 4.74 Å². The van der Waals surface area contributed by atoms with Crippen molar-refractivity contribution in [1.82, 2.24) is 0 Å². The van der Waals surface area contributed by atoms with Crippen molar-refractivity contribution < 1.29 is 29.6 Å². The second-order valence-electron chi connectivity index (χ2n) is 3.76. The van der Waals surface area contributed by atoms with Crippen molar-refractivity contribution in [1.29, 1.82) is 0 Å². The maximum absolute atomic E-state index is 11.3. The number of benzene rings is 1. The van der Waals surface area contributed by atoms with Gasteiger partial charge in [-0.2, -0.15) is 0 Å². The lowest BCUT2D eigenvalue weighted by atomic mass is 9.97. The van der Waals surface area contributed by atoms with E-state index in [0.717, 1.165) is 0 Å². The smallest absolute Gasteiger partial charge is 0.338 e. The molecule has 2 atom stereocenters. The zero-order valence-corrected chi connectivity index (χ0v) is 10.2. The molecule has 0 fully saturated rings. The molecule has 1 aromatic carbocycles. The van der Waals surface area contributed by atoms with Gasteiger partial charge in [-0.1, -0.05) is 12.1 Å². The highest BCUT2D eigenvalue weighted by Gasteiger charge is 2.30. The van der Waals surface area contributed by atoms with Crippen LogP contribution < -0.4 is 5.73 Å². The fourth-order valence-electron chi connectivity index (χ4n) is 1.61. The highest BCUT2D eigenvalue weighted by atomic mass is 16.5. The number of hydrogen-bond donors (Lipinski definition) is 4. The maximum Gasteiger partial charge on any atom is 0.338 e. The summed E-state index contributed by atoms with van der Waals surface area (Å²) in [6, 6.07) is 4.03. The molecular weight excluding hydrogens is 254 g/mol. The molecule has 0 heterocycles. The number of ether oxygens (including phenoxy) is 1. The third-order valence-corrected chi connectivity index (χ3v) is 2.49. The number of aromatic carboxylic acids is 1. The van der Waals surface area contributed by atoms with E-state index < -0.39 is 24.1 Å². The molecule has 0 radical (unpaired) electrons. The fourth-order valence-corrected chi connectivity index (χ4v) is 1.61. The van der Waals surface area contributed by atoms with Gasteiger partial charge in [0.15, 0.2) is 6.10 Å². The van der Waals surface area contributed by atoms with E-state index in [4.69, 9.17) is 10.8 Å². The van der Waals surface area contributed by atoms with Crippen molar-refractivity contribution in [3.63, 3.8) is 0 Å². The van der Waals surface area contributed by atoms with E-state index in [0.29, 0.717) is 0 Å². The summed E-state index contributed by atoms with van der Waals surface area (Å²) in [5.74, 6) is -2.39. The highest BCUT2D eigenvalue weighted by molar-refractivity contribution is 5.95. The van der Waals surface area contributed by atoms with Gasteiger partial charge < -0.3 is 25.8 Å². The summed E-state index contributed by atoms with van der Waals surface area (Å²) in [7, 11) is 0. The molecule has 0 aliphatic carbocycles. The number of hydrogen-bond acceptors (Lipinski definition) is 6. The lowest BCUT2D eigenvalue weighted by Crippen LogP contribution is -2.31. The summed E-state index contributed by atoms with van der Waals surface area (Å²) in [5, 5.41) is 28.5. The minimum Gasteiger partial charge on any atom is -0.478 e. The van der Waals surface area contributed by atoms with Crippen LogP contribution in [0.2, 0.25) is 0 Å². The fraction of sp³-hybridized carbons (Fsp3) is 0.333. The molecule has 0 amide bonds. The first-order valence-electron chi connectivity index (χ1n) is 5.54. The van der Waals surface area contributed by atoms with Gasteiger partial charge in [0.25, 0.3) is 0 Å². The molecule has 0 aliphatic rings. The van der Waals surface area contributed by atoms with Crippen LogP contribution >= 0.6 is 0 Å². The first-order valence-corrected chi connectivity index (χ1v) is 5.54. The second kappa shape index (κ2) is 6.17. The molecule has 0 bridgehead atoms. The van der Waals surface area contributed by atoms with Gasteiger partial charge in [0.2, 0.25) is 0 Å². The molecule has 104 valence electrons. The Hall–Kier alpha value is -2.12. The van der Waals surface area contributed by atoms with Crippen LogP contribution in [0.1, 0.15) is 28.9 Å². The summed E-state index contributed by atoms with van der Waals surface area (Å²) in [6.07, 6.45) is -3.60. The molecule has 0 aromatic heterocycles. The first-order chi connectivity index (χ1) is 8.90. The van der Waals surface area contributed by atoms with Crippen LogP contribution in [-0.2, 0) is 9.53 Å². The monoisotopic (exact) mass is 269 g/mol. The van der Waals surface area contributed by atoms with Crippen LogP contribution in [0.15, 0.2) is 18.2 Å². The first kappa shape index (κ1) is 14.9. The third-order valence-electron chi connectivity index (χ3n) is 2.49. The quantitative estimate of drug-likeness (QED) is 0.434. The maximum atomic E-state index is 11.3. The highest BCUT2D eigenvalue weighted by Crippen LogP contribution is 2.26. The van der Waals surface area contributed by atoms with Crippen molar-refractivity contribution in [2.45, 2.75) is 19.1 Å². The summed E-state index contributed by atoms with van der Waals surface area (Å²) in [4.78, 5) is 22.4. The van der Waals surface area contributed by atoms with Gasteiger partial charge in [-0.15, -0.1) is 0 Å². The summed E-state index contributed by atoms with van der Waals surface area (Å²) in [6.45, 7) is 1.57.